The zero-order valence-electron chi connectivity index (χ0n) is 19.2. The van der Waals surface area contributed by atoms with Crippen LogP contribution in [0.1, 0.15) is 32.3 Å². The summed E-state index contributed by atoms with van der Waals surface area (Å²) in [7, 11) is 0. The minimum absolute atomic E-state index is 0.172. The molecule has 0 saturated heterocycles. The zero-order chi connectivity index (χ0) is 22.6. The molecule has 1 aliphatic rings. The van der Waals surface area contributed by atoms with Gasteiger partial charge in [0.15, 0.2) is 5.69 Å². The van der Waals surface area contributed by atoms with Crippen LogP contribution in [0.3, 0.4) is 0 Å². The summed E-state index contributed by atoms with van der Waals surface area (Å²) in [5.41, 5.74) is 6.93. The summed E-state index contributed by atoms with van der Waals surface area (Å²) in [5.74, 6) is 0. The predicted octanol–water partition coefficient (Wildman–Crippen LogP) is 7.55. The predicted molar refractivity (Wildman–Crippen MR) is 138 cm³/mol. The normalized spacial score (nSPS) is 14.3. The van der Waals surface area contributed by atoms with E-state index >= 15 is 0 Å². The fraction of sp³-hybridized carbons (Fsp3) is 0.161. The van der Waals surface area contributed by atoms with Crippen LogP contribution in [0, 0.1) is 0 Å². The summed E-state index contributed by atoms with van der Waals surface area (Å²) in [6.45, 7) is 9.15. The largest absolute Gasteiger partial charge is 0.288 e. The molecule has 1 aromatic heterocycles. The molecule has 0 radical (unpaired) electrons. The van der Waals surface area contributed by atoms with Gasteiger partial charge in [-0.05, 0) is 51.0 Å². The van der Waals surface area contributed by atoms with E-state index in [0.29, 0.717) is 0 Å². The summed E-state index contributed by atoms with van der Waals surface area (Å²) >= 11 is 0. The van der Waals surface area contributed by atoms with Crippen LogP contribution in [0.2, 0.25) is 0 Å². The standard InChI is InChI=1S/C31H27N2/c1-4-31(5-2)21(3)24-18-17-23-12-7-9-15-26(23)30(24)29-19-28(32-20-33(29)31)27-16-10-13-22-11-6-8-14-25(22)27/h6-20H,3-5H2,1-2H3/q+1. The first kappa shape index (κ1) is 19.9. The van der Waals surface area contributed by atoms with Crippen LogP contribution in [-0.2, 0) is 5.54 Å². The molecule has 2 nitrogen and oxygen atoms in total. The van der Waals surface area contributed by atoms with Gasteiger partial charge in [0.05, 0.1) is 0 Å². The highest BCUT2D eigenvalue weighted by Gasteiger charge is 2.44. The summed E-state index contributed by atoms with van der Waals surface area (Å²) in [6, 6.07) is 30.5. The van der Waals surface area contributed by atoms with Crippen molar-refractivity contribution in [1.82, 2.24) is 4.98 Å². The summed E-state index contributed by atoms with van der Waals surface area (Å²) in [6.07, 6.45) is 4.00. The Kier molecular flexibility index (Phi) is 4.45. The average Bonchev–Trinajstić information content (AvgIpc) is 2.88. The summed E-state index contributed by atoms with van der Waals surface area (Å²) < 4.78 is 2.39. The third kappa shape index (κ3) is 2.74. The van der Waals surface area contributed by atoms with Crippen LogP contribution in [-0.4, -0.2) is 4.98 Å². The Morgan fingerprint density at radius 2 is 1.42 bits per heavy atom. The zero-order valence-corrected chi connectivity index (χ0v) is 19.2. The SMILES string of the molecule is C=C1c2ccc3ccccc3c2-c2cc(-c3cccc4ccccc34)nc[n+]2C1(CC)CC. The number of nitrogens with zero attached hydrogens (tertiary/aromatic N) is 2. The Morgan fingerprint density at radius 1 is 0.758 bits per heavy atom. The summed E-state index contributed by atoms with van der Waals surface area (Å²) in [4.78, 5) is 5.01. The molecule has 0 saturated carbocycles. The molecular formula is C31H27N2+. The molecule has 0 atom stereocenters. The smallest absolute Gasteiger partial charge is 0.220 e. The molecule has 33 heavy (non-hydrogen) atoms. The molecule has 1 aliphatic heterocycles. The molecule has 0 N–H and O–H groups in total. The van der Waals surface area contributed by atoms with Gasteiger partial charge in [-0.25, -0.2) is 4.57 Å². The average molecular weight is 428 g/mol. The van der Waals surface area contributed by atoms with Gasteiger partial charge in [0.1, 0.15) is 11.2 Å². The second kappa shape index (κ2) is 7.38. The number of fused-ring (bicyclic) bond motifs is 6. The highest BCUT2D eigenvalue weighted by atomic mass is 15.1. The molecular weight excluding hydrogens is 400 g/mol. The topological polar surface area (TPSA) is 16.8 Å². The van der Waals surface area contributed by atoms with Crippen LogP contribution < -0.4 is 4.57 Å². The molecule has 0 bridgehead atoms. The monoisotopic (exact) mass is 427 g/mol. The van der Waals surface area contributed by atoms with Crippen molar-refractivity contribution < 1.29 is 4.57 Å². The Balaban J connectivity index is 1.71. The van der Waals surface area contributed by atoms with Gasteiger partial charge in [-0.3, -0.25) is 0 Å². The number of hydrogen-bond acceptors (Lipinski definition) is 1. The molecule has 2 heteroatoms. The molecule has 2 heterocycles. The fourth-order valence-electron chi connectivity index (χ4n) is 5.76. The van der Waals surface area contributed by atoms with Crippen molar-refractivity contribution in [3.05, 3.63) is 103 Å². The van der Waals surface area contributed by atoms with E-state index in [1.807, 2.05) is 0 Å². The first-order valence-electron chi connectivity index (χ1n) is 11.8. The second-order valence-corrected chi connectivity index (χ2v) is 8.98. The van der Waals surface area contributed by atoms with Crippen molar-refractivity contribution in [2.24, 2.45) is 0 Å². The molecule has 160 valence electrons. The van der Waals surface area contributed by atoms with Crippen molar-refractivity contribution in [2.45, 2.75) is 32.2 Å². The van der Waals surface area contributed by atoms with Gasteiger partial charge in [0, 0.05) is 22.8 Å². The van der Waals surface area contributed by atoms with Gasteiger partial charge < -0.3 is 0 Å². The number of allylic oxidation sites excluding steroid dienone is 1. The highest BCUT2D eigenvalue weighted by Crippen LogP contribution is 2.46. The Morgan fingerprint density at radius 3 is 2.18 bits per heavy atom. The lowest BCUT2D eigenvalue weighted by Gasteiger charge is -2.38. The molecule has 0 fully saturated rings. The van der Waals surface area contributed by atoms with Crippen molar-refractivity contribution in [2.75, 3.05) is 0 Å². The maximum Gasteiger partial charge on any atom is 0.288 e. The quantitative estimate of drug-likeness (QED) is 0.272. The van der Waals surface area contributed by atoms with E-state index < -0.39 is 0 Å². The fourth-order valence-corrected chi connectivity index (χ4v) is 5.76. The van der Waals surface area contributed by atoms with Gasteiger partial charge in [0.25, 0.3) is 6.33 Å². The Labute approximate surface area is 194 Å². The molecule has 6 rings (SSSR count). The van der Waals surface area contributed by atoms with Crippen LogP contribution in [0.4, 0.5) is 0 Å². The van der Waals surface area contributed by atoms with E-state index in [1.54, 1.807) is 0 Å². The Bertz CT molecular complexity index is 1550. The number of aromatic nitrogens is 2. The van der Waals surface area contributed by atoms with E-state index in [4.69, 9.17) is 4.98 Å². The van der Waals surface area contributed by atoms with E-state index in [2.05, 4.69) is 116 Å². The van der Waals surface area contributed by atoms with Crippen molar-refractivity contribution >= 4 is 27.1 Å². The number of benzene rings is 4. The van der Waals surface area contributed by atoms with Crippen molar-refractivity contribution in [1.29, 1.82) is 0 Å². The first-order valence-corrected chi connectivity index (χ1v) is 11.8. The molecule has 0 aliphatic carbocycles. The molecule has 5 aromatic rings. The first-order chi connectivity index (χ1) is 16.2. The van der Waals surface area contributed by atoms with E-state index in [9.17, 15) is 0 Å². The van der Waals surface area contributed by atoms with Crippen molar-refractivity contribution in [3.63, 3.8) is 0 Å². The third-order valence-electron chi connectivity index (χ3n) is 7.61. The number of hydrogen-bond donors (Lipinski definition) is 0. The van der Waals surface area contributed by atoms with Crippen LogP contribution in [0.5, 0.6) is 0 Å². The van der Waals surface area contributed by atoms with Gasteiger partial charge in [-0.15, -0.1) is 0 Å². The lowest BCUT2D eigenvalue weighted by atomic mass is 9.75. The van der Waals surface area contributed by atoms with Gasteiger partial charge >= 0.3 is 0 Å². The minimum atomic E-state index is -0.172. The minimum Gasteiger partial charge on any atom is -0.220 e. The van der Waals surface area contributed by atoms with E-state index in [1.165, 1.54) is 49.5 Å². The van der Waals surface area contributed by atoms with Gasteiger partial charge in [-0.1, -0.05) is 93.2 Å². The Hall–Kier alpha value is -3.78. The van der Waals surface area contributed by atoms with Gasteiger partial charge in [-0.2, -0.15) is 0 Å². The van der Waals surface area contributed by atoms with E-state index in [-0.39, 0.29) is 5.54 Å². The van der Waals surface area contributed by atoms with Crippen LogP contribution >= 0.6 is 0 Å². The highest BCUT2D eigenvalue weighted by molar-refractivity contribution is 6.03. The van der Waals surface area contributed by atoms with Crippen LogP contribution in [0.25, 0.3) is 49.6 Å². The third-order valence-corrected chi connectivity index (χ3v) is 7.61. The second-order valence-electron chi connectivity index (χ2n) is 8.98. The van der Waals surface area contributed by atoms with Gasteiger partial charge in [0.2, 0.25) is 0 Å². The number of rotatable bonds is 3. The molecule has 4 aromatic carbocycles. The molecule has 0 amide bonds. The van der Waals surface area contributed by atoms with E-state index in [0.717, 1.165) is 18.5 Å². The molecule has 0 spiro atoms. The van der Waals surface area contributed by atoms with Crippen molar-refractivity contribution in [3.8, 4) is 22.5 Å². The maximum atomic E-state index is 5.01. The molecule has 0 unspecified atom stereocenters. The maximum absolute atomic E-state index is 5.01. The van der Waals surface area contributed by atoms with Crippen LogP contribution in [0.15, 0.2) is 97.8 Å². The lowest BCUT2D eigenvalue weighted by Crippen LogP contribution is -2.59. The summed E-state index contributed by atoms with van der Waals surface area (Å²) in [5, 5.41) is 4.98. The lowest BCUT2D eigenvalue weighted by molar-refractivity contribution is -0.744.